The minimum Gasteiger partial charge on any atom is -0.348 e. The van der Waals surface area contributed by atoms with E-state index < -0.39 is 11.2 Å². The molecule has 4 rings (SSSR count). The summed E-state index contributed by atoms with van der Waals surface area (Å²) in [5, 5.41) is 0. The molecule has 172 valence electrons. The molecule has 0 aliphatic heterocycles. The SMILES string of the molecule is CCCn1c(C)cc(C(=O)Cn2c(=O)c3c(ncn3CC)n(Cc3ccccc3)c2=O)c1C. The van der Waals surface area contributed by atoms with Crippen LogP contribution in [0.1, 0.15) is 47.6 Å². The third-order valence-corrected chi connectivity index (χ3v) is 6.13. The van der Waals surface area contributed by atoms with E-state index in [1.165, 1.54) is 4.57 Å². The molecule has 0 radical (unpaired) electrons. The van der Waals surface area contributed by atoms with Crippen LogP contribution in [0.25, 0.3) is 11.2 Å². The van der Waals surface area contributed by atoms with E-state index in [4.69, 9.17) is 0 Å². The smallest absolute Gasteiger partial charge is 0.333 e. The highest BCUT2D eigenvalue weighted by Crippen LogP contribution is 2.17. The zero-order chi connectivity index (χ0) is 23.7. The van der Waals surface area contributed by atoms with Gasteiger partial charge in [0.25, 0.3) is 5.56 Å². The molecule has 3 heterocycles. The van der Waals surface area contributed by atoms with E-state index in [-0.39, 0.29) is 18.9 Å². The first kappa shape index (κ1) is 22.5. The predicted octanol–water partition coefficient (Wildman–Crippen LogP) is 3.14. The molecule has 0 unspecified atom stereocenters. The van der Waals surface area contributed by atoms with Crippen molar-refractivity contribution in [1.29, 1.82) is 0 Å². The first-order valence-corrected chi connectivity index (χ1v) is 11.3. The standard InChI is InChI=1S/C25H29N5O3/c1-5-12-28-17(3)13-20(18(28)4)21(31)15-30-24(32)22-23(26-16-27(22)6-2)29(25(30)33)14-19-10-8-7-9-11-19/h7-11,13,16H,5-6,12,14-15H2,1-4H3. The van der Waals surface area contributed by atoms with Crippen LogP contribution < -0.4 is 11.2 Å². The van der Waals surface area contributed by atoms with Gasteiger partial charge in [0.15, 0.2) is 16.9 Å². The zero-order valence-electron chi connectivity index (χ0n) is 19.5. The number of carbonyl (C=O) groups excluding carboxylic acids is 1. The van der Waals surface area contributed by atoms with Crippen molar-refractivity contribution >= 4 is 16.9 Å². The summed E-state index contributed by atoms with van der Waals surface area (Å²) in [5.41, 5.74) is 2.95. The molecule has 0 spiro atoms. The van der Waals surface area contributed by atoms with Crippen molar-refractivity contribution in [3.8, 4) is 0 Å². The van der Waals surface area contributed by atoms with Gasteiger partial charge in [-0.1, -0.05) is 37.3 Å². The van der Waals surface area contributed by atoms with E-state index in [0.717, 1.165) is 34.5 Å². The molecule has 8 nitrogen and oxygen atoms in total. The number of ketones is 1. The number of aryl methyl sites for hydroxylation is 2. The average molecular weight is 448 g/mol. The largest absolute Gasteiger partial charge is 0.348 e. The van der Waals surface area contributed by atoms with Crippen LogP contribution in [0.3, 0.4) is 0 Å². The number of aromatic nitrogens is 5. The Balaban J connectivity index is 1.84. The molecule has 0 atom stereocenters. The molecular weight excluding hydrogens is 418 g/mol. The molecular formula is C25H29N5O3. The van der Waals surface area contributed by atoms with Gasteiger partial charge in [-0.05, 0) is 38.8 Å². The van der Waals surface area contributed by atoms with Crippen LogP contribution in [0.2, 0.25) is 0 Å². The summed E-state index contributed by atoms with van der Waals surface area (Å²) in [4.78, 5) is 44.4. The number of nitrogens with zero attached hydrogens (tertiary/aromatic N) is 5. The van der Waals surface area contributed by atoms with E-state index in [1.54, 1.807) is 10.9 Å². The van der Waals surface area contributed by atoms with Gasteiger partial charge in [0.1, 0.15) is 0 Å². The maximum absolute atomic E-state index is 13.5. The van der Waals surface area contributed by atoms with E-state index in [0.29, 0.717) is 23.3 Å². The Bertz CT molecular complexity index is 1440. The van der Waals surface area contributed by atoms with Crippen molar-refractivity contribution in [2.24, 2.45) is 0 Å². The van der Waals surface area contributed by atoms with Gasteiger partial charge in [0.2, 0.25) is 0 Å². The molecule has 0 aliphatic rings. The van der Waals surface area contributed by atoms with E-state index in [9.17, 15) is 14.4 Å². The Labute approximate surface area is 191 Å². The van der Waals surface area contributed by atoms with Crippen molar-refractivity contribution in [2.75, 3.05) is 0 Å². The number of benzene rings is 1. The molecule has 0 aliphatic carbocycles. The van der Waals surface area contributed by atoms with Crippen LogP contribution >= 0.6 is 0 Å². The Kier molecular flexibility index (Phi) is 6.18. The second-order valence-corrected chi connectivity index (χ2v) is 8.31. The van der Waals surface area contributed by atoms with Gasteiger partial charge in [-0.15, -0.1) is 0 Å². The van der Waals surface area contributed by atoms with Gasteiger partial charge >= 0.3 is 5.69 Å². The number of hydrogen-bond acceptors (Lipinski definition) is 4. The van der Waals surface area contributed by atoms with Crippen LogP contribution in [0.5, 0.6) is 0 Å². The van der Waals surface area contributed by atoms with Crippen molar-refractivity contribution < 1.29 is 4.79 Å². The third kappa shape index (κ3) is 3.97. The molecule has 33 heavy (non-hydrogen) atoms. The molecule has 1 aromatic carbocycles. The summed E-state index contributed by atoms with van der Waals surface area (Å²) < 4.78 is 6.34. The number of imidazole rings is 1. The van der Waals surface area contributed by atoms with Crippen molar-refractivity contribution in [1.82, 2.24) is 23.3 Å². The normalized spacial score (nSPS) is 11.4. The van der Waals surface area contributed by atoms with Crippen molar-refractivity contribution in [2.45, 2.75) is 60.3 Å². The lowest BCUT2D eigenvalue weighted by molar-refractivity contribution is 0.0968. The number of Topliss-reactive ketones (excluding diaryl/α,β-unsaturated/α-hetero) is 1. The van der Waals surface area contributed by atoms with Crippen LogP contribution in [-0.2, 0) is 26.2 Å². The lowest BCUT2D eigenvalue weighted by Crippen LogP contribution is -2.42. The van der Waals surface area contributed by atoms with Gasteiger partial charge in [-0.25, -0.2) is 9.78 Å². The van der Waals surface area contributed by atoms with Crippen molar-refractivity contribution in [3.05, 3.63) is 86.1 Å². The molecule has 0 bridgehead atoms. The average Bonchev–Trinajstić information content (AvgIpc) is 3.37. The highest BCUT2D eigenvalue weighted by atomic mass is 16.2. The van der Waals surface area contributed by atoms with Crippen molar-refractivity contribution in [3.63, 3.8) is 0 Å². The minimum atomic E-state index is -0.534. The first-order chi connectivity index (χ1) is 15.9. The van der Waals surface area contributed by atoms with Gasteiger partial charge in [0, 0.05) is 30.0 Å². The predicted molar refractivity (Wildman–Crippen MR) is 128 cm³/mol. The molecule has 0 amide bonds. The number of fused-ring (bicyclic) bond motifs is 1. The molecule has 8 heteroatoms. The van der Waals surface area contributed by atoms with Crippen LogP contribution in [0, 0.1) is 13.8 Å². The Morgan fingerprint density at radius 2 is 1.73 bits per heavy atom. The van der Waals surface area contributed by atoms with E-state index in [1.807, 2.05) is 57.2 Å². The second kappa shape index (κ2) is 9.05. The molecule has 0 saturated heterocycles. The first-order valence-electron chi connectivity index (χ1n) is 11.3. The van der Waals surface area contributed by atoms with Gasteiger partial charge in [-0.3, -0.25) is 18.7 Å². The van der Waals surface area contributed by atoms with Gasteiger partial charge < -0.3 is 9.13 Å². The lowest BCUT2D eigenvalue weighted by Gasteiger charge is -2.12. The van der Waals surface area contributed by atoms with Gasteiger partial charge in [0.05, 0.1) is 19.4 Å². The third-order valence-electron chi connectivity index (χ3n) is 6.13. The fourth-order valence-electron chi connectivity index (χ4n) is 4.41. The van der Waals surface area contributed by atoms with Crippen LogP contribution in [0.4, 0.5) is 0 Å². The summed E-state index contributed by atoms with van der Waals surface area (Å²) in [6.45, 7) is 9.15. The van der Waals surface area contributed by atoms with E-state index >= 15 is 0 Å². The quantitative estimate of drug-likeness (QED) is 0.389. The van der Waals surface area contributed by atoms with Crippen LogP contribution in [0.15, 0.2) is 52.3 Å². The zero-order valence-corrected chi connectivity index (χ0v) is 19.5. The van der Waals surface area contributed by atoms with E-state index in [2.05, 4.69) is 16.5 Å². The Morgan fingerprint density at radius 1 is 1.00 bits per heavy atom. The molecule has 0 fully saturated rings. The summed E-state index contributed by atoms with van der Waals surface area (Å²) >= 11 is 0. The van der Waals surface area contributed by atoms with Crippen LogP contribution in [-0.4, -0.2) is 29.0 Å². The fourth-order valence-corrected chi connectivity index (χ4v) is 4.41. The molecule has 0 saturated carbocycles. The molecule has 3 aromatic heterocycles. The highest BCUT2D eigenvalue weighted by Gasteiger charge is 2.22. The molecule has 0 N–H and O–H groups in total. The van der Waals surface area contributed by atoms with Gasteiger partial charge in [-0.2, -0.15) is 0 Å². The number of carbonyl (C=O) groups is 1. The lowest BCUT2D eigenvalue weighted by atomic mass is 10.1. The number of rotatable bonds is 8. The Morgan fingerprint density at radius 3 is 2.39 bits per heavy atom. The summed E-state index contributed by atoms with van der Waals surface area (Å²) in [6.07, 6.45) is 2.52. The fraction of sp³-hybridized carbons (Fsp3) is 0.360. The second-order valence-electron chi connectivity index (χ2n) is 8.31. The Hall–Kier alpha value is -3.68. The topological polar surface area (TPSA) is 83.8 Å². The summed E-state index contributed by atoms with van der Waals surface area (Å²) in [6, 6.07) is 11.4. The molecule has 4 aromatic rings. The monoisotopic (exact) mass is 447 g/mol. The summed E-state index contributed by atoms with van der Waals surface area (Å²) in [5.74, 6) is -0.252. The minimum absolute atomic E-state index is 0.252. The maximum atomic E-state index is 13.5. The number of hydrogen-bond donors (Lipinski definition) is 0. The highest BCUT2D eigenvalue weighted by molar-refractivity contribution is 5.97. The summed E-state index contributed by atoms with van der Waals surface area (Å²) in [7, 11) is 0. The maximum Gasteiger partial charge on any atom is 0.333 e.